The second-order valence-corrected chi connectivity index (χ2v) is 11.0. The molecule has 9 heteroatoms. The first-order valence-corrected chi connectivity index (χ1v) is 13.1. The van der Waals surface area contributed by atoms with Crippen molar-refractivity contribution < 1.29 is 4.79 Å². The minimum Gasteiger partial charge on any atom is -0.348 e. The number of H-pyrrole nitrogens is 1. The van der Waals surface area contributed by atoms with E-state index in [9.17, 15) is 14.4 Å². The van der Waals surface area contributed by atoms with Gasteiger partial charge in [-0.1, -0.05) is 25.6 Å². The van der Waals surface area contributed by atoms with E-state index in [4.69, 9.17) is 4.98 Å². The summed E-state index contributed by atoms with van der Waals surface area (Å²) in [6.45, 7) is 9.32. The Kier molecular flexibility index (Phi) is 6.00. The molecule has 2 aliphatic carbocycles. The van der Waals surface area contributed by atoms with Gasteiger partial charge in [0.1, 0.15) is 16.2 Å². The lowest BCUT2D eigenvalue weighted by molar-refractivity contribution is 0.102. The van der Waals surface area contributed by atoms with E-state index in [1.54, 1.807) is 4.57 Å². The quantitative estimate of drug-likeness (QED) is 0.280. The van der Waals surface area contributed by atoms with Gasteiger partial charge in [-0.3, -0.25) is 19.1 Å². The van der Waals surface area contributed by atoms with Crippen molar-refractivity contribution in [1.82, 2.24) is 24.1 Å². The fraction of sp³-hybridized carbons (Fsp3) is 0.560. The van der Waals surface area contributed by atoms with Gasteiger partial charge in [0.05, 0.1) is 5.75 Å². The van der Waals surface area contributed by atoms with E-state index in [0.29, 0.717) is 27.8 Å². The topological polar surface area (TPSA) is 103 Å². The second kappa shape index (κ2) is 8.83. The standard InChI is InChI=1S/C25H31N5O3S/c1-13(2)9-10-29-14(3)11-18(15(29)4)19(31)12-34-24-20-22(26-21(27-24)16-5-6-16)30(17-7-8-17)25(33)28-23(20)32/h11,13,16-17H,5-10,12H2,1-4H3,(H,28,32,33). The summed E-state index contributed by atoms with van der Waals surface area (Å²) >= 11 is 1.27. The molecular weight excluding hydrogens is 450 g/mol. The predicted molar refractivity (Wildman–Crippen MR) is 133 cm³/mol. The number of Topliss-reactive ketones (excluding diaryl/α,β-unsaturated/α-hetero) is 1. The van der Waals surface area contributed by atoms with Crippen LogP contribution in [0, 0.1) is 19.8 Å². The first kappa shape index (κ1) is 23.1. The monoisotopic (exact) mass is 481 g/mol. The van der Waals surface area contributed by atoms with E-state index in [1.165, 1.54) is 11.8 Å². The average Bonchev–Trinajstić information content (AvgIpc) is 3.69. The summed E-state index contributed by atoms with van der Waals surface area (Å²) in [5, 5.41) is 0.806. The van der Waals surface area contributed by atoms with Crippen molar-refractivity contribution in [2.75, 3.05) is 5.75 Å². The van der Waals surface area contributed by atoms with Crippen molar-refractivity contribution in [3.8, 4) is 0 Å². The molecule has 2 aliphatic rings. The number of carbonyl (C=O) groups is 1. The zero-order valence-electron chi connectivity index (χ0n) is 20.2. The van der Waals surface area contributed by atoms with Crippen LogP contribution in [0.2, 0.25) is 0 Å². The Morgan fingerprint density at radius 2 is 1.91 bits per heavy atom. The molecular formula is C25H31N5O3S. The minimum atomic E-state index is -0.485. The number of nitrogens with one attached hydrogen (secondary N) is 1. The van der Waals surface area contributed by atoms with Crippen LogP contribution in [0.3, 0.4) is 0 Å². The molecule has 0 unspecified atom stereocenters. The molecule has 8 nitrogen and oxygen atoms in total. The third-order valence-corrected chi connectivity index (χ3v) is 7.74. The Morgan fingerprint density at radius 3 is 2.56 bits per heavy atom. The molecule has 2 fully saturated rings. The third-order valence-electron chi connectivity index (χ3n) is 6.77. The number of aryl methyl sites for hydroxylation is 1. The van der Waals surface area contributed by atoms with Crippen molar-refractivity contribution in [2.24, 2.45) is 5.92 Å². The fourth-order valence-corrected chi connectivity index (χ4v) is 5.37. The number of nitrogens with zero attached hydrogens (tertiary/aromatic N) is 4. The summed E-state index contributed by atoms with van der Waals surface area (Å²) in [4.78, 5) is 50.4. The molecule has 5 rings (SSSR count). The van der Waals surface area contributed by atoms with Gasteiger partial charge in [0.2, 0.25) is 0 Å². The summed E-state index contributed by atoms with van der Waals surface area (Å²) in [7, 11) is 0. The van der Waals surface area contributed by atoms with Crippen LogP contribution in [0.25, 0.3) is 11.0 Å². The SMILES string of the molecule is Cc1cc(C(=O)CSc2nc(C3CC3)nc3c2c(=O)[nH]c(=O)n3C2CC2)c(C)n1CCC(C)C. The van der Waals surface area contributed by atoms with Gasteiger partial charge in [0.15, 0.2) is 11.4 Å². The largest absolute Gasteiger partial charge is 0.348 e. The molecule has 0 spiro atoms. The van der Waals surface area contributed by atoms with Crippen LogP contribution in [-0.4, -0.2) is 35.6 Å². The zero-order valence-corrected chi connectivity index (χ0v) is 21.0. The van der Waals surface area contributed by atoms with Gasteiger partial charge in [-0.2, -0.15) is 0 Å². The maximum Gasteiger partial charge on any atom is 0.330 e. The number of carbonyl (C=O) groups excluding carboxylic acids is 1. The summed E-state index contributed by atoms with van der Waals surface area (Å²) in [5.41, 5.74) is 2.30. The molecule has 0 aromatic carbocycles. The van der Waals surface area contributed by atoms with E-state index in [1.807, 2.05) is 19.9 Å². The Morgan fingerprint density at radius 1 is 1.18 bits per heavy atom. The molecule has 0 saturated heterocycles. The van der Waals surface area contributed by atoms with E-state index in [-0.39, 0.29) is 23.5 Å². The van der Waals surface area contributed by atoms with Gasteiger partial charge < -0.3 is 4.57 Å². The molecule has 0 amide bonds. The molecule has 1 N–H and O–H groups in total. The van der Waals surface area contributed by atoms with E-state index < -0.39 is 11.2 Å². The summed E-state index contributed by atoms with van der Waals surface area (Å²) < 4.78 is 3.82. The van der Waals surface area contributed by atoms with E-state index in [2.05, 4.69) is 28.4 Å². The normalized spacial score (nSPS) is 16.0. The van der Waals surface area contributed by atoms with Crippen LogP contribution in [-0.2, 0) is 6.54 Å². The number of fused-ring (bicyclic) bond motifs is 1. The Hall–Kier alpha value is -2.68. The smallest absolute Gasteiger partial charge is 0.330 e. The lowest BCUT2D eigenvalue weighted by Gasteiger charge is -2.12. The first-order valence-electron chi connectivity index (χ1n) is 12.1. The number of ketones is 1. The third kappa shape index (κ3) is 4.37. The molecule has 180 valence electrons. The van der Waals surface area contributed by atoms with Gasteiger partial charge in [0.25, 0.3) is 5.56 Å². The van der Waals surface area contributed by atoms with Crippen molar-refractivity contribution in [3.05, 3.63) is 49.7 Å². The number of thioether (sulfide) groups is 1. The van der Waals surface area contributed by atoms with Crippen LogP contribution in [0.5, 0.6) is 0 Å². The highest BCUT2D eigenvalue weighted by atomic mass is 32.2. The second-order valence-electron chi connectivity index (χ2n) is 10.1. The maximum atomic E-state index is 13.2. The van der Waals surface area contributed by atoms with E-state index in [0.717, 1.165) is 55.6 Å². The number of hydrogen-bond donors (Lipinski definition) is 1. The van der Waals surface area contributed by atoms with Gasteiger partial charge >= 0.3 is 5.69 Å². The number of aromatic amines is 1. The van der Waals surface area contributed by atoms with Gasteiger partial charge in [0, 0.05) is 35.5 Å². The highest BCUT2D eigenvalue weighted by molar-refractivity contribution is 8.00. The molecule has 3 aromatic heterocycles. The number of hydrogen-bond acceptors (Lipinski definition) is 6. The maximum absolute atomic E-state index is 13.2. The molecule has 0 bridgehead atoms. The Bertz CT molecular complexity index is 1390. The lowest BCUT2D eigenvalue weighted by atomic mass is 10.1. The van der Waals surface area contributed by atoms with Crippen molar-refractivity contribution in [2.45, 2.75) is 83.3 Å². The van der Waals surface area contributed by atoms with Crippen LogP contribution in [0.15, 0.2) is 20.7 Å². The van der Waals surface area contributed by atoms with Crippen molar-refractivity contribution in [3.63, 3.8) is 0 Å². The van der Waals surface area contributed by atoms with Gasteiger partial charge in [-0.15, -0.1) is 0 Å². The van der Waals surface area contributed by atoms with E-state index >= 15 is 0 Å². The molecule has 0 aliphatic heterocycles. The molecule has 3 aromatic rings. The molecule has 34 heavy (non-hydrogen) atoms. The van der Waals surface area contributed by atoms with Crippen molar-refractivity contribution in [1.29, 1.82) is 0 Å². The zero-order chi connectivity index (χ0) is 24.1. The number of aromatic nitrogens is 5. The Labute approximate surface area is 202 Å². The van der Waals surface area contributed by atoms with Crippen LogP contribution >= 0.6 is 11.8 Å². The minimum absolute atomic E-state index is 0.0144. The van der Waals surface area contributed by atoms with Crippen LogP contribution in [0.4, 0.5) is 0 Å². The first-order chi connectivity index (χ1) is 16.2. The van der Waals surface area contributed by atoms with Gasteiger partial charge in [-0.25, -0.2) is 14.8 Å². The number of rotatable bonds is 9. The summed E-state index contributed by atoms with van der Waals surface area (Å²) in [5.74, 6) is 1.72. The molecule has 2 saturated carbocycles. The molecule has 0 radical (unpaired) electrons. The predicted octanol–water partition coefficient (Wildman–Crippen LogP) is 4.13. The summed E-state index contributed by atoms with van der Waals surface area (Å²) in [6, 6.07) is 2.04. The Balaban J connectivity index is 1.47. The fourth-order valence-electron chi connectivity index (χ4n) is 4.46. The molecule has 3 heterocycles. The highest BCUT2D eigenvalue weighted by Crippen LogP contribution is 2.41. The molecule has 0 atom stereocenters. The highest BCUT2D eigenvalue weighted by Gasteiger charge is 2.32. The van der Waals surface area contributed by atoms with Crippen LogP contribution in [0.1, 0.15) is 85.5 Å². The van der Waals surface area contributed by atoms with Gasteiger partial charge in [-0.05, 0) is 57.9 Å². The van der Waals surface area contributed by atoms with Crippen LogP contribution < -0.4 is 11.2 Å². The summed E-state index contributed by atoms with van der Waals surface area (Å²) in [6.07, 6.45) is 4.87. The lowest BCUT2D eigenvalue weighted by Crippen LogP contribution is -2.31. The average molecular weight is 482 g/mol. The van der Waals surface area contributed by atoms with Crippen molar-refractivity contribution >= 4 is 28.6 Å².